The Morgan fingerprint density at radius 3 is 2.93 bits per heavy atom. The summed E-state index contributed by atoms with van der Waals surface area (Å²) in [5.41, 5.74) is 5.94. The molecular formula is C8H7N5O. The van der Waals surface area contributed by atoms with Gasteiger partial charge in [0, 0.05) is 7.05 Å². The lowest BCUT2D eigenvalue weighted by Gasteiger charge is -1.93. The summed E-state index contributed by atoms with van der Waals surface area (Å²) in [5, 5.41) is 2.73. The van der Waals surface area contributed by atoms with Gasteiger partial charge in [0.15, 0.2) is 11.3 Å². The number of nitrogens with zero attached hydrogens (tertiary/aromatic N) is 3. The van der Waals surface area contributed by atoms with Crippen LogP contribution < -0.4 is 11.3 Å². The van der Waals surface area contributed by atoms with E-state index in [0.29, 0.717) is 5.52 Å². The number of fused-ring (bicyclic) bond motifs is 1. The first-order chi connectivity index (χ1) is 6.63. The number of hydrogen-bond acceptors (Lipinski definition) is 4. The number of terminal acetylenes is 1. The summed E-state index contributed by atoms with van der Waals surface area (Å²) < 4.78 is 1.27. The number of rotatable bonds is 0. The molecule has 2 heterocycles. The van der Waals surface area contributed by atoms with Crippen molar-refractivity contribution in [3.63, 3.8) is 0 Å². The molecule has 0 aromatic carbocycles. The number of aromatic nitrogens is 4. The molecule has 0 saturated carbocycles. The summed E-state index contributed by atoms with van der Waals surface area (Å²) in [6.07, 6.45) is 5.12. The zero-order valence-corrected chi connectivity index (χ0v) is 7.40. The Balaban J connectivity index is 3.00. The van der Waals surface area contributed by atoms with Gasteiger partial charge < -0.3 is 5.73 Å². The smallest absolute Gasteiger partial charge is 0.293 e. The van der Waals surface area contributed by atoms with Crippen molar-refractivity contribution in [3.05, 3.63) is 16.2 Å². The monoisotopic (exact) mass is 189 g/mol. The van der Waals surface area contributed by atoms with Crippen LogP contribution in [0, 0.1) is 12.3 Å². The Hall–Kier alpha value is -2.29. The van der Waals surface area contributed by atoms with E-state index >= 15 is 0 Å². The van der Waals surface area contributed by atoms with Gasteiger partial charge in [-0.2, -0.15) is 0 Å². The molecule has 0 aliphatic carbocycles. The SMILES string of the molecule is C#Cc1nc(N)c2[nH]n(C)c(=O)c2n1. The van der Waals surface area contributed by atoms with E-state index in [1.807, 2.05) is 0 Å². The van der Waals surface area contributed by atoms with Crippen LogP contribution in [0.4, 0.5) is 5.82 Å². The van der Waals surface area contributed by atoms with Gasteiger partial charge in [-0.1, -0.05) is 0 Å². The van der Waals surface area contributed by atoms with Crippen molar-refractivity contribution < 1.29 is 0 Å². The van der Waals surface area contributed by atoms with Gasteiger partial charge in [-0.05, 0) is 5.92 Å². The summed E-state index contributed by atoms with van der Waals surface area (Å²) in [6.45, 7) is 0. The first-order valence-corrected chi connectivity index (χ1v) is 3.82. The van der Waals surface area contributed by atoms with E-state index in [2.05, 4.69) is 21.0 Å². The third-order valence-electron chi connectivity index (χ3n) is 1.85. The highest BCUT2D eigenvalue weighted by Gasteiger charge is 2.10. The molecule has 14 heavy (non-hydrogen) atoms. The Bertz CT molecular complexity index is 600. The van der Waals surface area contributed by atoms with Gasteiger partial charge in [-0.25, -0.2) is 9.97 Å². The van der Waals surface area contributed by atoms with Crippen LogP contribution in [0.25, 0.3) is 11.0 Å². The van der Waals surface area contributed by atoms with Crippen LogP contribution in [-0.2, 0) is 7.05 Å². The largest absolute Gasteiger partial charge is 0.382 e. The zero-order chi connectivity index (χ0) is 10.3. The van der Waals surface area contributed by atoms with Crippen molar-refractivity contribution in [2.45, 2.75) is 0 Å². The van der Waals surface area contributed by atoms with E-state index in [1.54, 1.807) is 7.05 Å². The van der Waals surface area contributed by atoms with Gasteiger partial charge >= 0.3 is 0 Å². The van der Waals surface area contributed by atoms with Gasteiger partial charge in [-0.3, -0.25) is 14.6 Å². The van der Waals surface area contributed by atoms with Crippen molar-refractivity contribution >= 4 is 16.9 Å². The normalized spacial score (nSPS) is 10.3. The average Bonchev–Trinajstić information content (AvgIpc) is 2.45. The molecule has 3 N–H and O–H groups in total. The minimum Gasteiger partial charge on any atom is -0.382 e. The van der Waals surface area contributed by atoms with Gasteiger partial charge in [0.1, 0.15) is 5.52 Å². The summed E-state index contributed by atoms with van der Waals surface area (Å²) >= 11 is 0. The fourth-order valence-corrected chi connectivity index (χ4v) is 1.18. The van der Waals surface area contributed by atoms with Crippen LogP contribution in [0.1, 0.15) is 5.82 Å². The fourth-order valence-electron chi connectivity index (χ4n) is 1.18. The fraction of sp³-hybridized carbons (Fsp3) is 0.125. The molecule has 0 bridgehead atoms. The molecule has 0 unspecified atom stereocenters. The lowest BCUT2D eigenvalue weighted by molar-refractivity contribution is 0.750. The maximum absolute atomic E-state index is 11.5. The van der Waals surface area contributed by atoms with Gasteiger partial charge in [-0.15, -0.1) is 6.42 Å². The molecule has 2 aromatic rings. The molecule has 70 valence electrons. The second kappa shape index (κ2) is 2.60. The number of H-pyrrole nitrogens is 1. The van der Waals surface area contributed by atoms with Crippen molar-refractivity contribution in [2.75, 3.05) is 5.73 Å². The van der Waals surface area contributed by atoms with Crippen LogP contribution in [-0.4, -0.2) is 19.7 Å². The molecule has 0 saturated heterocycles. The number of anilines is 1. The van der Waals surface area contributed by atoms with E-state index < -0.39 is 0 Å². The number of aryl methyl sites for hydroxylation is 1. The Kier molecular flexibility index (Phi) is 1.54. The summed E-state index contributed by atoms with van der Waals surface area (Å²) in [7, 11) is 1.57. The van der Waals surface area contributed by atoms with Crippen LogP contribution in [0.2, 0.25) is 0 Å². The predicted octanol–water partition coefficient (Wildman–Crippen LogP) is -0.780. The number of aromatic amines is 1. The molecule has 0 aliphatic heterocycles. The number of nitrogens with two attached hydrogens (primary N) is 1. The van der Waals surface area contributed by atoms with E-state index in [1.165, 1.54) is 4.68 Å². The third-order valence-corrected chi connectivity index (χ3v) is 1.85. The van der Waals surface area contributed by atoms with E-state index in [-0.39, 0.29) is 22.7 Å². The van der Waals surface area contributed by atoms with Crippen LogP contribution in [0.15, 0.2) is 4.79 Å². The molecule has 0 aliphatic rings. The molecule has 2 aromatic heterocycles. The highest BCUT2D eigenvalue weighted by Crippen LogP contribution is 2.10. The predicted molar refractivity (Wildman–Crippen MR) is 51.5 cm³/mol. The minimum atomic E-state index is -0.273. The minimum absolute atomic E-state index is 0.117. The molecule has 2 rings (SSSR count). The number of nitrogen functional groups attached to an aromatic ring is 1. The van der Waals surface area contributed by atoms with Crippen molar-refractivity contribution in [1.29, 1.82) is 0 Å². The van der Waals surface area contributed by atoms with Gasteiger partial charge in [0.05, 0.1) is 0 Å². The third kappa shape index (κ3) is 0.959. The standard InChI is InChI=1S/C8H7N5O/c1-3-4-10-6-5(7(9)11-4)12-13(2)8(6)14/h1,12H,2H3,(H2,9,10,11). The molecule has 6 nitrogen and oxygen atoms in total. The van der Waals surface area contributed by atoms with Crippen molar-refractivity contribution in [2.24, 2.45) is 7.05 Å². The molecular weight excluding hydrogens is 182 g/mol. The Morgan fingerprint density at radius 2 is 2.29 bits per heavy atom. The summed E-state index contributed by atoms with van der Waals surface area (Å²) in [6, 6.07) is 0. The molecule has 0 radical (unpaired) electrons. The lowest BCUT2D eigenvalue weighted by Crippen LogP contribution is -2.12. The van der Waals surface area contributed by atoms with Crippen LogP contribution in [0.5, 0.6) is 0 Å². The summed E-state index contributed by atoms with van der Waals surface area (Å²) in [5.74, 6) is 2.53. The number of nitrogens with one attached hydrogen (secondary N) is 1. The second-order valence-electron chi connectivity index (χ2n) is 2.78. The van der Waals surface area contributed by atoms with E-state index in [9.17, 15) is 4.79 Å². The second-order valence-corrected chi connectivity index (χ2v) is 2.78. The van der Waals surface area contributed by atoms with E-state index in [0.717, 1.165) is 0 Å². The molecule has 0 fully saturated rings. The van der Waals surface area contributed by atoms with Crippen LogP contribution >= 0.6 is 0 Å². The van der Waals surface area contributed by atoms with Crippen molar-refractivity contribution in [3.8, 4) is 12.3 Å². The maximum Gasteiger partial charge on any atom is 0.293 e. The molecule has 0 amide bonds. The first-order valence-electron chi connectivity index (χ1n) is 3.82. The van der Waals surface area contributed by atoms with Crippen LogP contribution in [0.3, 0.4) is 0 Å². The molecule has 0 atom stereocenters. The van der Waals surface area contributed by atoms with Crippen molar-refractivity contribution in [1.82, 2.24) is 19.7 Å². The quantitative estimate of drug-likeness (QED) is 0.532. The Labute approximate surface area is 78.8 Å². The highest BCUT2D eigenvalue weighted by atomic mass is 16.1. The maximum atomic E-state index is 11.5. The van der Waals surface area contributed by atoms with Gasteiger partial charge in [0.25, 0.3) is 5.56 Å². The molecule has 6 heteroatoms. The highest BCUT2D eigenvalue weighted by molar-refractivity contribution is 5.83. The average molecular weight is 189 g/mol. The van der Waals surface area contributed by atoms with E-state index in [4.69, 9.17) is 12.2 Å². The summed E-state index contributed by atoms with van der Waals surface area (Å²) in [4.78, 5) is 19.2. The first kappa shape index (κ1) is 8.31. The lowest BCUT2D eigenvalue weighted by atomic mass is 10.4. The zero-order valence-electron chi connectivity index (χ0n) is 7.40. The van der Waals surface area contributed by atoms with Gasteiger partial charge in [0.2, 0.25) is 5.82 Å². The topological polar surface area (TPSA) is 89.6 Å². The Morgan fingerprint density at radius 1 is 1.57 bits per heavy atom. The molecule has 0 spiro atoms. The number of hydrogen-bond donors (Lipinski definition) is 2.